The number of nitrogens with zero attached hydrogens (tertiary/aromatic N) is 1. The van der Waals surface area contributed by atoms with Crippen LogP contribution in [0.15, 0.2) is 18.2 Å². The number of aromatic nitrogens is 1. The van der Waals surface area contributed by atoms with E-state index in [0.717, 1.165) is 32.2 Å². The molecule has 0 radical (unpaired) electrons. The predicted molar refractivity (Wildman–Crippen MR) is 143 cm³/mol. The zero-order valence-corrected chi connectivity index (χ0v) is 22.8. The largest absolute Gasteiger partial charge is 0.444 e. The number of benzene rings is 1. The van der Waals surface area contributed by atoms with Crippen LogP contribution >= 0.6 is 0 Å². The van der Waals surface area contributed by atoms with Crippen LogP contribution < -0.4 is 5.32 Å². The molecule has 1 aromatic carbocycles. The van der Waals surface area contributed by atoms with Crippen molar-refractivity contribution in [1.29, 1.82) is 0 Å². The van der Waals surface area contributed by atoms with Gasteiger partial charge in [0.1, 0.15) is 5.60 Å². The highest BCUT2D eigenvalue weighted by Crippen LogP contribution is 2.40. The molecular weight excluding hydrogens is 438 g/mol. The summed E-state index contributed by atoms with van der Waals surface area (Å²) in [5.41, 5.74) is 4.92. The average Bonchev–Trinajstić information content (AvgIpc) is 3.19. The molecule has 194 valence electrons. The molecule has 1 aliphatic heterocycles. The third kappa shape index (κ3) is 6.80. The zero-order valence-electron chi connectivity index (χ0n) is 22.8. The van der Waals surface area contributed by atoms with Gasteiger partial charge in [-0.05, 0) is 70.4 Å². The van der Waals surface area contributed by atoms with Gasteiger partial charge >= 0.3 is 6.09 Å². The zero-order chi connectivity index (χ0) is 25.8. The Bertz CT molecular complexity index is 1010. The van der Waals surface area contributed by atoms with Gasteiger partial charge in [0.2, 0.25) is 5.91 Å². The number of alkyl carbamates (subject to hydrolysis) is 1. The number of carbonyl (C=O) groups is 2. The van der Waals surface area contributed by atoms with E-state index in [-0.39, 0.29) is 23.7 Å². The summed E-state index contributed by atoms with van der Waals surface area (Å²) in [4.78, 5) is 29.8. The standard InChI is InChI=1S/C23H32N2O.C6H13NO2/c1-15(2)14-20-22-19(18-11-7-8-16(3)21(18)24-22)12-13-25(20)23(26)17-9-5-4-6-10-17;1-6(2,3)9-5(8)7-4/h7-8,11,15,17,20,24H,4-6,9-10,12-14H2,1-3H3;1-4H3,(H,7,8). The van der Waals surface area contributed by atoms with E-state index >= 15 is 0 Å². The summed E-state index contributed by atoms with van der Waals surface area (Å²) in [5.74, 6) is 1.24. The molecule has 1 fully saturated rings. The average molecular weight is 484 g/mol. The molecule has 2 N–H and O–H groups in total. The summed E-state index contributed by atoms with van der Waals surface area (Å²) in [6.45, 7) is 13.1. The number of fused-ring (bicyclic) bond motifs is 3. The molecule has 2 aromatic rings. The first kappa shape index (κ1) is 27.1. The molecule has 4 rings (SSSR count). The maximum Gasteiger partial charge on any atom is 0.407 e. The van der Waals surface area contributed by atoms with Crippen LogP contribution in [0.1, 0.15) is 96.0 Å². The molecule has 0 bridgehead atoms. The quantitative estimate of drug-likeness (QED) is 0.512. The number of para-hydroxylation sites is 1. The fourth-order valence-corrected chi connectivity index (χ4v) is 5.41. The van der Waals surface area contributed by atoms with Crippen LogP contribution in [-0.4, -0.2) is 41.1 Å². The van der Waals surface area contributed by atoms with Crippen molar-refractivity contribution in [1.82, 2.24) is 15.2 Å². The van der Waals surface area contributed by atoms with Crippen molar-refractivity contribution in [2.45, 2.75) is 98.1 Å². The lowest BCUT2D eigenvalue weighted by molar-refractivity contribution is -0.140. The summed E-state index contributed by atoms with van der Waals surface area (Å²) in [6.07, 6.45) is 7.53. The number of carbonyl (C=O) groups excluding carboxylic acids is 2. The van der Waals surface area contributed by atoms with Gasteiger partial charge < -0.3 is 19.9 Å². The van der Waals surface area contributed by atoms with Crippen molar-refractivity contribution in [3.8, 4) is 0 Å². The van der Waals surface area contributed by atoms with Crippen LogP contribution in [0.3, 0.4) is 0 Å². The van der Waals surface area contributed by atoms with Crippen LogP contribution in [-0.2, 0) is 16.0 Å². The molecule has 6 nitrogen and oxygen atoms in total. The number of hydrogen-bond donors (Lipinski definition) is 2. The normalized spacial score (nSPS) is 18.6. The molecule has 1 aromatic heterocycles. The Balaban J connectivity index is 0.000000327. The van der Waals surface area contributed by atoms with Crippen molar-refractivity contribution in [2.75, 3.05) is 13.6 Å². The first-order valence-electron chi connectivity index (χ1n) is 13.3. The number of amides is 2. The van der Waals surface area contributed by atoms with Crippen LogP contribution in [0.25, 0.3) is 10.9 Å². The van der Waals surface area contributed by atoms with Gasteiger partial charge in [-0.15, -0.1) is 0 Å². The summed E-state index contributed by atoms with van der Waals surface area (Å²) in [5, 5.41) is 3.72. The molecule has 1 unspecified atom stereocenters. The Labute approximate surface area is 211 Å². The molecule has 0 spiro atoms. The van der Waals surface area contributed by atoms with Gasteiger partial charge in [0.05, 0.1) is 6.04 Å². The molecule has 2 heterocycles. The Hall–Kier alpha value is -2.50. The maximum absolute atomic E-state index is 13.3. The Morgan fingerprint density at radius 1 is 1.17 bits per heavy atom. The monoisotopic (exact) mass is 483 g/mol. The summed E-state index contributed by atoms with van der Waals surface area (Å²) in [7, 11) is 1.54. The van der Waals surface area contributed by atoms with E-state index in [1.165, 1.54) is 54.0 Å². The molecule has 0 saturated heterocycles. The highest BCUT2D eigenvalue weighted by Gasteiger charge is 2.36. The van der Waals surface area contributed by atoms with Crippen LogP contribution in [0.5, 0.6) is 0 Å². The van der Waals surface area contributed by atoms with E-state index in [2.05, 4.69) is 54.2 Å². The van der Waals surface area contributed by atoms with E-state index in [0.29, 0.717) is 11.8 Å². The number of ether oxygens (including phenoxy) is 1. The van der Waals surface area contributed by atoms with Gasteiger partial charge in [0.25, 0.3) is 0 Å². The van der Waals surface area contributed by atoms with E-state index in [4.69, 9.17) is 4.74 Å². The molecule has 1 saturated carbocycles. The van der Waals surface area contributed by atoms with Gasteiger partial charge in [-0.2, -0.15) is 0 Å². The lowest BCUT2D eigenvalue weighted by Crippen LogP contribution is -2.44. The topological polar surface area (TPSA) is 74.4 Å². The SMILES string of the molecule is CNC(=O)OC(C)(C)C.Cc1cccc2c3c([nH]c12)C(CC(C)C)N(C(=O)C1CCCCC1)CC3. The van der Waals surface area contributed by atoms with Crippen LogP contribution in [0.2, 0.25) is 0 Å². The van der Waals surface area contributed by atoms with Crippen molar-refractivity contribution < 1.29 is 14.3 Å². The number of hydrogen-bond acceptors (Lipinski definition) is 3. The molecule has 1 aliphatic carbocycles. The number of rotatable bonds is 3. The van der Waals surface area contributed by atoms with Gasteiger partial charge in [-0.1, -0.05) is 51.3 Å². The second-order valence-corrected chi connectivity index (χ2v) is 11.5. The van der Waals surface area contributed by atoms with Crippen LogP contribution in [0, 0.1) is 18.8 Å². The number of aromatic amines is 1. The second kappa shape index (κ2) is 11.5. The van der Waals surface area contributed by atoms with Crippen molar-refractivity contribution in [2.24, 2.45) is 11.8 Å². The summed E-state index contributed by atoms with van der Waals surface area (Å²) < 4.78 is 4.84. The highest BCUT2D eigenvalue weighted by molar-refractivity contribution is 5.88. The number of nitrogens with one attached hydrogen (secondary N) is 2. The Morgan fingerprint density at radius 3 is 2.43 bits per heavy atom. The van der Waals surface area contributed by atoms with E-state index < -0.39 is 0 Å². The molecular formula is C29H45N3O3. The minimum Gasteiger partial charge on any atom is -0.444 e. The first-order chi connectivity index (χ1) is 16.5. The number of aryl methyl sites for hydroxylation is 1. The maximum atomic E-state index is 13.3. The second-order valence-electron chi connectivity index (χ2n) is 11.5. The van der Waals surface area contributed by atoms with E-state index in [1.807, 2.05) is 20.8 Å². The fourth-order valence-electron chi connectivity index (χ4n) is 5.41. The van der Waals surface area contributed by atoms with Crippen molar-refractivity contribution in [3.05, 3.63) is 35.0 Å². The highest BCUT2D eigenvalue weighted by atomic mass is 16.6. The Morgan fingerprint density at radius 2 is 1.86 bits per heavy atom. The number of H-pyrrole nitrogens is 1. The molecule has 2 amide bonds. The first-order valence-corrected chi connectivity index (χ1v) is 13.3. The molecule has 35 heavy (non-hydrogen) atoms. The molecule has 1 atom stereocenters. The predicted octanol–water partition coefficient (Wildman–Crippen LogP) is 6.67. The van der Waals surface area contributed by atoms with Gasteiger partial charge in [0, 0.05) is 36.1 Å². The summed E-state index contributed by atoms with van der Waals surface area (Å²) in [6, 6.07) is 6.78. The molecule has 2 aliphatic rings. The van der Waals surface area contributed by atoms with E-state index in [1.54, 1.807) is 0 Å². The molecule has 6 heteroatoms. The minimum absolute atomic E-state index is 0.208. The third-order valence-corrected chi connectivity index (χ3v) is 7.03. The third-order valence-electron chi connectivity index (χ3n) is 7.03. The summed E-state index contributed by atoms with van der Waals surface area (Å²) >= 11 is 0. The van der Waals surface area contributed by atoms with Crippen molar-refractivity contribution >= 4 is 22.9 Å². The van der Waals surface area contributed by atoms with Gasteiger partial charge in [0.15, 0.2) is 0 Å². The van der Waals surface area contributed by atoms with Crippen molar-refractivity contribution in [3.63, 3.8) is 0 Å². The Kier molecular flexibility index (Phi) is 8.89. The smallest absolute Gasteiger partial charge is 0.407 e. The minimum atomic E-state index is -0.389. The van der Waals surface area contributed by atoms with Gasteiger partial charge in [-0.25, -0.2) is 4.79 Å². The lowest BCUT2D eigenvalue weighted by atomic mass is 9.85. The van der Waals surface area contributed by atoms with Gasteiger partial charge in [-0.3, -0.25) is 4.79 Å². The van der Waals surface area contributed by atoms with E-state index in [9.17, 15) is 9.59 Å². The lowest BCUT2D eigenvalue weighted by Gasteiger charge is -2.39. The van der Waals surface area contributed by atoms with Crippen LogP contribution in [0.4, 0.5) is 4.79 Å². The fraction of sp³-hybridized carbons (Fsp3) is 0.655.